The molecule has 2 rings (SSSR count). The van der Waals surface area contributed by atoms with Gasteiger partial charge in [-0.3, -0.25) is 4.98 Å². The Bertz CT molecular complexity index is 459. The van der Waals surface area contributed by atoms with E-state index in [1.807, 2.05) is 0 Å². The lowest BCUT2D eigenvalue weighted by Crippen LogP contribution is -2.49. The highest BCUT2D eigenvalue weighted by Crippen LogP contribution is 2.36. The number of carbonyl (C=O) groups is 1. The van der Waals surface area contributed by atoms with E-state index in [1.165, 1.54) is 12.4 Å². The Morgan fingerprint density at radius 2 is 2.21 bits per heavy atom. The molecule has 104 valence electrons. The highest BCUT2D eigenvalue weighted by Gasteiger charge is 2.42. The van der Waals surface area contributed by atoms with Crippen LogP contribution in [0.4, 0.5) is 5.82 Å². The van der Waals surface area contributed by atoms with Gasteiger partial charge in [-0.15, -0.1) is 0 Å². The van der Waals surface area contributed by atoms with E-state index in [2.05, 4.69) is 22.2 Å². The molecule has 6 heteroatoms. The summed E-state index contributed by atoms with van der Waals surface area (Å²) in [6, 6.07) is 0. The molecule has 0 spiro atoms. The number of anilines is 1. The van der Waals surface area contributed by atoms with Crippen molar-refractivity contribution in [1.29, 1.82) is 0 Å². The van der Waals surface area contributed by atoms with E-state index in [9.17, 15) is 9.90 Å². The molecule has 0 amide bonds. The molecular weight excluding hydrogens is 266 g/mol. The Morgan fingerprint density at radius 3 is 2.74 bits per heavy atom. The van der Waals surface area contributed by atoms with E-state index in [0.29, 0.717) is 24.6 Å². The van der Waals surface area contributed by atoms with E-state index in [4.69, 9.17) is 11.6 Å². The van der Waals surface area contributed by atoms with Gasteiger partial charge in [0.2, 0.25) is 0 Å². The molecule has 5 nitrogen and oxygen atoms in total. The largest absolute Gasteiger partial charge is 0.480 e. The van der Waals surface area contributed by atoms with Crippen LogP contribution in [0.3, 0.4) is 0 Å². The van der Waals surface area contributed by atoms with Crippen molar-refractivity contribution in [1.82, 2.24) is 9.97 Å². The van der Waals surface area contributed by atoms with E-state index in [-0.39, 0.29) is 5.15 Å². The van der Waals surface area contributed by atoms with Gasteiger partial charge < -0.3 is 10.4 Å². The molecule has 0 aromatic carbocycles. The molecule has 1 aromatic rings. The van der Waals surface area contributed by atoms with E-state index >= 15 is 0 Å². The second-order valence-corrected chi connectivity index (χ2v) is 5.48. The van der Waals surface area contributed by atoms with Gasteiger partial charge in [-0.05, 0) is 31.6 Å². The minimum atomic E-state index is -0.939. The molecule has 1 saturated carbocycles. The summed E-state index contributed by atoms with van der Waals surface area (Å²) in [4.78, 5) is 19.6. The fraction of sp³-hybridized carbons (Fsp3) is 0.615. The number of hydrogen-bond acceptors (Lipinski definition) is 4. The van der Waals surface area contributed by atoms with Crippen LogP contribution >= 0.6 is 11.6 Å². The Kier molecular flexibility index (Phi) is 4.24. The molecule has 0 bridgehead atoms. The van der Waals surface area contributed by atoms with E-state index < -0.39 is 11.5 Å². The third-order valence-electron chi connectivity index (χ3n) is 3.92. The van der Waals surface area contributed by atoms with Gasteiger partial charge in [0.05, 0.1) is 12.4 Å². The van der Waals surface area contributed by atoms with Crippen molar-refractivity contribution in [2.75, 3.05) is 5.32 Å². The van der Waals surface area contributed by atoms with Crippen LogP contribution in [0.1, 0.15) is 39.0 Å². The van der Waals surface area contributed by atoms with Crippen LogP contribution < -0.4 is 5.32 Å². The second-order valence-electron chi connectivity index (χ2n) is 5.09. The van der Waals surface area contributed by atoms with Crippen molar-refractivity contribution >= 4 is 23.4 Å². The third kappa shape index (κ3) is 3.15. The van der Waals surface area contributed by atoms with Gasteiger partial charge in [0.15, 0.2) is 0 Å². The molecule has 1 aromatic heterocycles. The predicted molar refractivity (Wildman–Crippen MR) is 73.3 cm³/mol. The van der Waals surface area contributed by atoms with E-state index in [1.54, 1.807) is 0 Å². The summed E-state index contributed by atoms with van der Waals surface area (Å²) in [5.41, 5.74) is -0.939. The molecule has 0 atom stereocenters. The average Bonchev–Trinajstić information content (AvgIpc) is 2.39. The number of rotatable bonds is 4. The Labute approximate surface area is 117 Å². The molecule has 1 heterocycles. The van der Waals surface area contributed by atoms with Gasteiger partial charge in [0, 0.05) is 0 Å². The van der Waals surface area contributed by atoms with Crippen molar-refractivity contribution in [2.45, 2.75) is 44.6 Å². The van der Waals surface area contributed by atoms with Crippen molar-refractivity contribution in [3.05, 3.63) is 17.5 Å². The third-order valence-corrected chi connectivity index (χ3v) is 4.10. The SMILES string of the molecule is CCC1CCC(Nc2cncc(Cl)n2)(C(=O)O)CC1. The number of aromatic nitrogens is 2. The summed E-state index contributed by atoms with van der Waals surface area (Å²) in [5, 5.41) is 12.8. The quantitative estimate of drug-likeness (QED) is 0.888. The maximum absolute atomic E-state index is 11.6. The molecule has 1 fully saturated rings. The molecule has 0 aliphatic heterocycles. The highest BCUT2D eigenvalue weighted by molar-refractivity contribution is 6.29. The summed E-state index contributed by atoms with van der Waals surface area (Å²) in [6.45, 7) is 2.15. The summed E-state index contributed by atoms with van der Waals surface area (Å²) in [6.07, 6.45) is 7.08. The monoisotopic (exact) mass is 283 g/mol. The molecule has 0 saturated heterocycles. The van der Waals surface area contributed by atoms with Crippen LogP contribution in [-0.2, 0) is 4.79 Å². The average molecular weight is 284 g/mol. The highest BCUT2D eigenvalue weighted by atomic mass is 35.5. The number of halogens is 1. The molecule has 2 N–H and O–H groups in total. The smallest absolute Gasteiger partial charge is 0.329 e. The molecule has 1 aliphatic carbocycles. The fourth-order valence-corrected chi connectivity index (χ4v) is 2.77. The van der Waals surface area contributed by atoms with Crippen molar-refractivity contribution < 1.29 is 9.90 Å². The standard InChI is InChI=1S/C13H18ClN3O2/c1-2-9-3-5-13(6-4-9,12(18)19)17-11-8-15-7-10(14)16-11/h7-9H,2-6H2,1H3,(H,16,17)(H,18,19). The lowest BCUT2D eigenvalue weighted by Gasteiger charge is -2.37. The minimum Gasteiger partial charge on any atom is -0.480 e. The summed E-state index contributed by atoms with van der Waals surface area (Å²) < 4.78 is 0. The van der Waals surface area contributed by atoms with Crippen molar-refractivity contribution in [3.8, 4) is 0 Å². The first-order valence-electron chi connectivity index (χ1n) is 6.55. The summed E-state index contributed by atoms with van der Waals surface area (Å²) in [7, 11) is 0. The van der Waals surface area contributed by atoms with Crippen LogP contribution in [0.25, 0.3) is 0 Å². The van der Waals surface area contributed by atoms with Crippen LogP contribution in [0, 0.1) is 5.92 Å². The number of hydrogen-bond donors (Lipinski definition) is 2. The molecule has 1 aliphatic rings. The van der Waals surface area contributed by atoms with Crippen molar-refractivity contribution in [2.24, 2.45) is 5.92 Å². The lowest BCUT2D eigenvalue weighted by molar-refractivity contribution is -0.143. The molecule has 0 radical (unpaired) electrons. The van der Waals surface area contributed by atoms with Gasteiger partial charge in [0.25, 0.3) is 0 Å². The second kappa shape index (κ2) is 5.74. The normalized spacial score (nSPS) is 26.9. The molecular formula is C13H18ClN3O2. The van der Waals surface area contributed by atoms with Crippen LogP contribution in [0.2, 0.25) is 5.15 Å². The summed E-state index contributed by atoms with van der Waals surface area (Å²) >= 11 is 5.77. The summed E-state index contributed by atoms with van der Waals surface area (Å²) in [5.74, 6) is 0.216. The number of carboxylic acid groups (broad SMARTS) is 1. The zero-order chi connectivity index (χ0) is 13.9. The maximum Gasteiger partial charge on any atom is 0.329 e. The predicted octanol–water partition coefficient (Wildman–Crippen LogP) is 2.97. The fourth-order valence-electron chi connectivity index (χ4n) is 2.62. The Balaban J connectivity index is 2.15. The number of nitrogens with zero attached hydrogens (tertiary/aromatic N) is 2. The van der Waals surface area contributed by atoms with Gasteiger partial charge in [-0.1, -0.05) is 24.9 Å². The van der Waals surface area contributed by atoms with E-state index in [0.717, 1.165) is 19.3 Å². The Hall–Kier alpha value is -1.36. The number of aliphatic carboxylic acids is 1. The molecule has 19 heavy (non-hydrogen) atoms. The topological polar surface area (TPSA) is 75.1 Å². The zero-order valence-electron chi connectivity index (χ0n) is 10.9. The number of carboxylic acids is 1. The maximum atomic E-state index is 11.6. The van der Waals surface area contributed by atoms with Gasteiger partial charge in [0.1, 0.15) is 16.5 Å². The lowest BCUT2D eigenvalue weighted by atomic mass is 9.75. The van der Waals surface area contributed by atoms with Crippen molar-refractivity contribution in [3.63, 3.8) is 0 Å². The first-order valence-corrected chi connectivity index (χ1v) is 6.92. The first-order chi connectivity index (χ1) is 9.05. The Morgan fingerprint density at radius 1 is 1.53 bits per heavy atom. The van der Waals surface area contributed by atoms with Gasteiger partial charge in [-0.25, -0.2) is 9.78 Å². The van der Waals surface area contributed by atoms with Crippen LogP contribution in [0.15, 0.2) is 12.4 Å². The molecule has 0 unspecified atom stereocenters. The van der Waals surface area contributed by atoms with Crippen LogP contribution in [-0.4, -0.2) is 26.6 Å². The first kappa shape index (κ1) is 14.1. The minimum absolute atomic E-state index is 0.257. The van der Waals surface area contributed by atoms with Crippen LogP contribution in [0.5, 0.6) is 0 Å². The van der Waals surface area contributed by atoms with Gasteiger partial charge in [-0.2, -0.15) is 0 Å². The van der Waals surface area contributed by atoms with Gasteiger partial charge >= 0.3 is 5.97 Å². The number of nitrogens with one attached hydrogen (secondary N) is 1. The zero-order valence-corrected chi connectivity index (χ0v) is 11.7.